The van der Waals surface area contributed by atoms with E-state index in [9.17, 15) is 4.79 Å². The largest absolute Gasteiger partial charge is 0.491 e. The zero-order valence-electron chi connectivity index (χ0n) is 27.5. The van der Waals surface area contributed by atoms with E-state index in [0.29, 0.717) is 143 Å². The van der Waals surface area contributed by atoms with E-state index >= 15 is 0 Å². The van der Waals surface area contributed by atoms with E-state index in [2.05, 4.69) is 22.6 Å². The number of carbonyl (C=O) groups excluding carboxylic acids is 1. The molecule has 0 N–H and O–H groups in total. The Bertz CT molecular complexity index is 744. The van der Waals surface area contributed by atoms with Gasteiger partial charge in [0.15, 0.2) is 0 Å². The molecule has 1 rings (SSSR count). The standard InChI is InChI=1S/C33H57IO12/c34-9-3-1-2-4-10-36-11-12-37-13-14-38-15-16-39-17-18-40-19-20-41-21-22-42-23-24-43-25-26-44-27-28-45-29-30-46-33-7-5-32(31-35)6-8-33/h5-8,31H,1-4,9-30H2. The maximum Gasteiger partial charge on any atom is 0.150 e. The van der Waals surface area contributed by atoms with Crippen molar-refractivity contribution in [2.45, 2.75) is 25.7 Å². The first kappa shape index (κ1) is 43.0. The summed E-state index contributed by atoms with van der Waals surface area (Å²) in [6.45, 7) is 11.2. The third kappa shape index (κ3) is 31.6. The van der Waals surface area contributed by atoms with Crippen LogP contribution in [-0.4, -0.2) is 149 Å². The monoisotopic (exact) mass is 772 g/mol. The van der Waals surface area contributed by atoms with Crippen molar-refractivity contribution in [2.24, 2.45) is 0 Å². The van der Waals surface area contributed by atoms with Gasteiger partial charge in [0.05, 0.1) is 126 Å². The van der Waals surface area contributed by atoms with E-state index in [1.807, 2.05) is 0 Å². The third-order valence-corrected chi connectivity index (χ3v) is 6.80. The highest BCUT2D eigenvalue weighted by atomic mass is 127. The molecular weight excluding hydrogens is 715 g/mol. The highest BCUT2D eigenvalue weighted by Gasteiger charge is 1.98. The van der Waals surface area contributed by atoms with Gasteiger partial charge in [0.25, 0.3) is 0 Å². The highest BCUT2D eigenvalue weighted by molar-refractivity contribution is 14.1. The Hall–Kier alpha value is -0.980. The number of benzene rings is 1. The zero-order valence-corrected chi connectivity index (χ0v) is 29.7. The topological polar surface area (TPSA) is 119 Å². The first-order valence-corrected chi connectivity index (χ1v) is 17.9. The van der Waals surface area contributed by atoms with Crippen LogP contribution in [0.3, 0.4) is 0 Å². The highest BCUT2D eigenvalue weighted by Crippen LogP contribution is 2.10. The predicted octanol–water partition coefficient (Wildman–Crippen LogP) is 4.04. The maximum atomic E-state index is 10.6. The number of rotatable bonds is 38. The van der Waals surface area contributed by atoms with E-state index in [1.54, 1.807) is 24.3 Å². The number of ether oxygens (including phenoxy) is 11. The number of aldehydes is 1. The van der Waals surface area contributed by atoms with Gasteiger partial charge in [0, 0.05) is 12.2 Å². The van der Waals surface area contributed by atoms with Gasteiger partial charge >= 0.3 is 0 Å². The Balaban J connectivity index is 1.63. The first-order chi connectivity index (χ1) is 22.9. The molecule has 0 aliphatic heterocycles. The molecule has 1 aromatic carbocycles. The van der Waals surface area contributed by atoms with Gasteiger partial charge in [-0.15, -0.1) is 0 Å². The van der Waals surface area contributed by atoms with E-state index in [0.717, 1.165) is 19.3 Å². The third-order valence-electron chi connectivity index (χ3n) is 6.03. The lowest BCUT2D eigenvalue weighted by Gasteiger charge is -2.09. The molecule has 0 aliphatic rings. The average molecular weight is 773 g/mol. The molecule has 0 unspecified atom stereocenters. The Labute approximate surface area is 289 Å². The van der Waals surface area contributed by atoms with Gasteiger partial charge in [-0.05, 0) is 41.5 Å². The minimum atomic E-state index is 0.433. The Morgan fingerprint density at radius 1 is 0.391 bits per heavy atom. The van der Waals surface area contributed by atoms with Crippen molar-refractivity contribution in [2.75, 3.05) is 143 Å². The molecule has 268 valence electrons. The van der Waals surface area contributed by atoms with Crippen molar-refractivity contribution in [3.05, 3.63) is 29.8 Å². The van der Waals surface area contributed by atoms with Crippen molar-refractivity contribution in [3.63, 3.8) is 0 Å². The van der Waals surface area contributed by atoms with E-state index in [1.165, 1.54) is 23.7 Å². The fourth-order valence-corrected chi connectivity index (χ4v) is 4.13. The van der Waals surface area contributed by atoms with Crippen LogP contribution in [0.1, 0.15) is 36.0 Å². The molecular formula is C33H57IO12. The van der Waals surface area contributed by atoms with E-state index in [-0.39, 0.29) is 0 Å². The van der Waals surface area contributed by atoms with Gasteiger partial charge in [-0.25, -0.2) is 0 Å². The van der Waals surface area contributed by atoms with Crippen LogP contribution in [0, 0.1) is 0 Å². The fourth-order valence-electron chi connectivity index (χ4n) is 3.59. The van der Waals surface area contributed by atoms with Crippen LogP contribution in [0.5, 0.6) is 5.75 Å². The summed E-state index contributed by atoms with van der Waals surface area (Å²) in [5.74, 6) is 0.706. The van der Waals surface area contributed by atoms with Gasteiger partial charge in [0.1, 0.15) is 18.6 Å². The summed E-state index contributed by atoms with van der Waals surface area (Å²) in [4.78, 5) is 10.6. The van der Waals surface area contributed by atoms with Crippen molar-refractivity contribution in [3.8, 4) is 5.75 Å². The lowest BCUT2D eigenvalue weighted by Crippen LogP contribution is -2.15. The zero-order chi connectivity index (χ0) is 32.9. The lowest BCUT2D eigenvalue weighted by atomic mass is 10.2. The fraction of sp³-hybridized carbons (Fsp3) is 0.788. The molecule has 46 heavy (non-hydrogen) atoms. The van der Waals surface area contributed by atoms with Crippen LogP contribution in [0.15, 0.2) is 24.3 Å². The number of alkyl halides is 1. The molecule has 0 heterocycles. The van der Waals surface area contributed by atoms with E-state index in [4.69, 9.17) is 52.1 Å². The van der Waals surface area contributed by atoms with Crippen LogP contribution in [0.4, 0.5) is 0 Å². The Morgan fingerprint density at radius 2 is 0.696 bits per heavy atom. The molecule has 0 saturated heterocycles. The van der Waals surface area contributed by atoms with Gasteiger partial charge in [-0.3, -0.25) is 4.79 Å². The summed E-state index contributed by atoms with van der Waals surface area (Å²) in [6, 6.07) is 6.94. The number of halogens is 1. The molecule has 0 saturated carbocycles. The molecule has 1 aromatic rings. The molecule has 0 bridgehead atoms. The molecule has 0 aromatic heterocycles. The van der Waals surface area contributed by atoms with Crippen molar-refractivity contribution >= 4 is 28.9 Å². The quantitative estimate of drug-likeness (QED) is 0.0418. The smallest absolute Gasteiger partial charge is 0.150 e. The molecule has 0 spiro atoms. The summed E-state index contributed by atoms with van der Waals surface area (Å²) >= 11 is 2.42. The summed E-state index contributed by atoms with van der Waals surface area (Å²) in [6.07, 6.45) is 5.77. The van der Waals surface area contributed by atoms with Crippen LogP contribution in [-0.2, 0) is 47.4 Å². The second-order valence-electron chi connectivity index (χ2n) is 9.76. The van der Waals surface area contributed by atoms with Gasteiger partial charge < -0.3 is 52.1 Å². The van der Waals surface area contributed by atoms with Crippen molar-refractivity contribution < 1.29 is 56.9 Å². The van der Waals surface area contributed by atoms with Crippen LogP contribution >= 0.6 is 22.6 Å². The molecule has 0 atom stereocenters. The Morgan fingerprint density at radius 3 is 1.02 bits per heavy atom. The van der Waals surface area contributed by atoms with Crippen LogP contribution in [0.25, 0.3) is 0 Å². The molecule has 13 heteroatoms. The number of carbonyl (C=O) groups is 1. The number of unbranched alkanes of at least 4 members (excludes halogenated alkanes) is 3. The van der Waals surface area contributed by atoms with Gasteiger partial charge in [-0.1, -0.05) is 35.4 Å². The van der Waals surface area contributed by atoms with E-state index < -0.39 is 0 Å². The summed E-state index contributed by atoms with van der Waals surface area (Å²) < 4.78 is 61.7. The molecule has 0 amide bonds. The SMILES string of the molecule is O=Cc1ccc(OCCOCCOCCOCCOCCOCCOCCOCCOCCOCCOCCCCCCI)cc1. The maximum absolute atomic E-state index is 10.6. The second kappa shape index (κ2) is 36.8. The number of hydrogen-bond acceptors (Lipinski definition) is 12. The molecule has 0 fully saturated rings. The van der Waals surface area contributed by atoms with Gasteiger partial charge in [-0.2, -0.15) is 0 Å². The minimum absolute atomic E-state index is 0.433. The van der Waals surface area contributed by atoms with Gasteiger partial charge in [0.2, 0.25) is 0 Å². The average Bonchev–Trinajstić information content (AvgIpc) is 3.08. The second-order valence-corrected chi connectivity index (χ2v) is 10.8. The lowest BCUT2D eigenvalue weighted by molar-refractivity contribution is -0.0267. The number of hydrogen-bond donors (Lipinski definition) is 0. The van der Waals surface area contributed by atoms with Crippen LogP contribution in [0.2, 0.25) is 0 Å². The molecule has 0 radical (unpaired) electrons. The summed E-state index contributed by atoms with van der Waals surface area (Å²) in [5, 5.41) is 0. The van der Waals surface area contributed by atoms with Crippen LogP contribution < -0.4 is 4.74 Å². The summed E-state index contributed by atoms with van der Waals surface area (Å²) in [7, 11) is 0. The van der Waals surface area contributed by atoms with Crippen molar-refractivity contribution in [1.82, 2.24) is 0 Å². The molecule has 12 nitrogen and oxygen atoms in total. The molecule has 0 aliphatic carbocycles. The van der Waals surface area contributed by atoms with Crippen molar-refractivity contribution in [1.29, 1.82) is 0 Å². The summed E-state index contributed by atoms with van der Waals surface area (Å²) in [5.41, 5.74) is 0.620. The minimum Gasteiger partial charge on any atom is -0.491 e. The Kier molecular flexibility index (Phi) is 34.5. The first-order valence-electron chi connectivity index (χ1n) is 16.4. The predicted molar refractivity (Wildman–Crippen MR) is 183 cm³/mol. The normalized spacial score (nSPS) is 11.3.